The Hall–Kier alpha value is -6.38. The van der Waals surface area contributed by atoms with Crippen LogP contribution in [0.5, 0.6) is 0 Å². The average molecular weight is 651 g/mol. The van der Waals surface area contributed by atoms with E-state index in [4.69, 9.17) is 0 Å². The molecular weight excluding hydrogens is 617 g/mol. The second-order valence-corrected chi connectivity index (χ2v) is 14.5. The van der Waals surface area contributed by atoms with Crippen molar-refractivity contribution in [1.82, 2.24) is 9.13 Å². The normalized spacial score (nSPS) is 13.5. The fraction of sp³-hybridized carbons (Fsp3) is 0.0612. The molecule has 2 heterocycles. The summed E-state index contributed by atoms with van der Waals surface area (Å²) < 4.78 is 4.92. The number of hydrogen-bond acceptors (Lipinski definition) is 0. The average Bonchev–Trinajstić information content (AvgIpc) is 3.77. The summed E-state index contributed by atoms with van der Waals surface area (Å²) >= 11 is 0. The first-order valence-corrected chi connectivity index (χ1v) is 17.9. The molecule has 0 aliphatic heterocycles. The van der Waals surface area contributed by atoms with E-state index in [-0.39, 0.29) is 5.41 Å². The summed E-state index contributed by atoms with van der Waals surface area (Å²) in [7, 11) is 0. The highest BCUT2D eigenvalue weighted by atomic mass is 15.0. The van der Waals surface area contributed by atoms with Crippen LogP contribution in [-0.2, 0) is 5.41 Å². The van der Waals surface area contributed by atoms with Gasteiger partial charge < -0.3 is 9.13 Å². The predicted octanol–water partition coefficient (Wildman–Crippen LogP) is 13.0. The first-order valence-electron chi connectivity index (χ1n) is 17.9. The molecule has 0 spiro atoms. The van der Waals surface area contributed by atoms with Gasteiger partial charge >= 0.3 is 0 Å². The highest BCUT2D eigenvalue weighted by Gasteiger charge is 2.36. The highest BCUT2D eigenvalue weighted by molar-refractivity contribution is 6.25. The molecule has 11 rings (SSSR count). The van der Waals surface area contributed by atoms with Crippen LogP contribution in [0.3, 0.4) is 0 Å². The van der Waals surface area contributed by atoms with Gasteiger partial charge in [-0.2, -0.15) is 0 Å². The maximum atomic E-state index is 2.49. The number of fused-ring (bicyclic) bond motifs is 11. The van der Waals surface area contributed by atoms with Gasteiger partial charge in [0.1, 0.15) is 0 Å². The maximum absolute atomic E-state index is 2.49. The molecule has 51 heavy (non-hydrogen) atoms. The lowest BCUT2D eigenvalue weighted by Crippen LogP contribution is -2.14. The van der Waals surface area contributed by atoms with Crippen LogP contribution in [0.25, 0.3) is 88.0 Å². The smallest absolute Gasteiger partial charge is 0.0562 e. The molecular formula is C49H34N2. The number of aromatic nitrogens is 2. The van der Waals surface area contributed by atoms with Crippen LogP contribution in [0.1, 0.15) is 25.0 Å². The van der Waals surface area contributed by atoms with Crippen molar-refractivity contribution in [2.45, 2.75) is 19.3 Å². The van der Waals surface area contributed by atoms with Gasteiger partial charge in [-0.15, -0.1) is 0 Å². The predicted molar refractivity (Wildman–Crippen MR) is 216 cm³/mol. The molecule has 1 aliphatic carbocycles. The van der Waals surface area contributed by atoms with Crippen LogP contribution in [0.2, 0.25) is 0 Å². The van der Waals surface area contributed by atoms with Crippen LogP contribution in [0.4, 0.5) is 0 Å². The first-order chi connectivity index (χ1) is 25.1. The molecule has 0 amide bonds. The molecule has 8 aromatic carbocycles. The van der Waals surface area contributed by atoms with Gasteiger partial charge in [0, 0.05) is 38.3 Å². The molecule has 0 fully saturated rings. The van der Waals surface area contributed by atoms with Crippen molar-refractivity contribution in [1.29, 1.82) is 0 Å². The molecule has 0 saturated carbocycles. The molecule has 2 aromatic heterocycles. The molecule has 10 aromatic rings. The Labute approximate surface area is 296 Å². The van der Waals surface area contributed by atoms with Gasteiger partial charge in [-0.25, -0.2) is 0 Å². The molecule has 0 N–H and O–H groups in total. The Morgan fingerprint density at radius 1 is 0.392 bits per heavy atom. The largest absolute Gasteiger partial charge is 0.309 e. The van der Waals surface area contributed by atoms with Gasteiger partial charge in [0.2, 0.25) is 0 Å². The van der Waals surface area contributed by atoms with E-state index in [9.17, 15) is 0 Å². The third-order valence-corrected chi connectivity index (χ3v) is 11.5. The maximum Gasteiger partial charge on any atom is 0.0562 e. The Bertz CT molecular complexity index is 3040. The fourth-order valence-corrected chi connectivity index (χ4v) is 9.19. The minimum atomic E-state index is -0.0456. The van der Waals surface area contributed by atoms with Crippen LogP contribution >= 0.6 is 0 Å². The van der Waals surface area contributed by atoms with Crippen LogP contribution in [0.15, 0.2) is 170 Å². The number of para-hydroxylation sites is 2. The zero-order valence-electron chi connectivity index (χ0n) is 28.6. The summed E-state index contributed by atoms with van der Waals surface area (Å²) in [6.07, 6.45) is 0. The molecule has 240 valence electrons. The second kappa shape index (κ2) is 10.3. The van der Waals surface area contributed by atoms with Crippen LogP contribution < -0.4 is 0 Å². The van der Waals surface area contributed by atoms with Crippen molar-refractivity contribution in [3.63, 3.8) is 0 Å². The van der Waals surface area contributed by atoms with E-state index in [1.807, 2.05) is 0 Å². The SMILES string of the molecule is CC1(C)c2ccccc2-c2c(-c3cccc(-n4c5cc6c(cc5c5c7ccccc7ccc54)c4ccccc4n6-c4ccccc4)c3)cccc21. The van der Waals surface area contributed by atoms with E-state index in [1.54, 1.807) is 0 Å². The number of benzene rings is 8. The summed E-state index contributed by atoms with van der Waals surface area (Å²) in [5, 5.41) is 7.63. The molecule has 2 nitrogen and oxygen atoms in total. The van der Waals surface area contributed by atoms with Crippen LogP contribution in [0, 0.1) is 0 Å². The van der Waals surface area contributed by atoms with Gasteiger partial charge in [0.25, 0.3) is 0 Å². The van der Waals surface area contributed by atoms with Gasteiger partial charge in [-0.05, 0) is 92.7 Å². The summed E-state index contributed by atoms with van der Waals surface area (Å²) in [6, 6.07) is 62.9. The molecule has 0 bridgehead atoms. The quantitative estimate of drug-likeness (QED) is 0.180. The molecule has 0 unspecified atom stereocenters. The minimum absolute atomic E-state index is 0.0456. The van der Waals surface area contributed by atoms with E-state index in [0.717, 1.165) is 5.69 Å². The van der Waals surface area contributed by atoms with Gasteiger partial charge in [-0.1, -0.05) is 135 Å². The summed E-state index contributed by atoms with van der Waals surface area (Å²) in [5.74, 6) is 0. The number of rotatable bonds is 3. The van der Waals surface area contributed by atoms with Crippen molar-refractivity contribution >= 4 is 54.4 Å². The third kappa shape index (κ3) is 3.88. The second-order valence-electron chi connectivity index (χ2n) is 14.5. The summed E-state index contributed by atoms with van der Waals surface area (Å²) in [5.41, 5.74) is 15.1. The van der Waals surface area contributed by atoms with Crippen molar-refractivity contribution in [2.24, 2.45) is 0 Å². The molecule has 0 radical (unpaired) electrons. The van der Waals surface area contributed by atoms with Crippen molar-refractivity contribution in [2.75, 3.05) is 0 Å². The minimum Gasteiger partial charge on any atom is -0.309 e. The summed E-state index contributed by atoms with van der Waals surface area (Å²) in [6.45, 7) is 4.71. The lowest BCUT2D eigenvalue weighted by atomic mass is 9.82. The first kappa shape index (κ1) is 28.5. The summed E-state index contributed by atoms with van der Waals surface area (Å²) in [4.78, 5) is 0. The number of nitrogens with zero attached hydrogens (tertiary/aromatic N) is 2. The van der Waals surface area contributed by atoms with E-state index < -0.39 is 0 Å². The molecule has 2 heteroatoms. The fourth-order valence-electron chi connectivity index (χ4n) is 9.19. The zero-order valence-corrected chi connectivity index (χ0v) is 28.6. The van der Waals surface area contributed by atoms with Gasteiger partial charge in [0.15, 0.2) is 0 Å². The molecule has 0 saturated heterocycles. The van der Waals surface area contributed by atoms with E-state index in [2.05, 4.69) is 193 Å². The van der Waals surface area contributed by atoms with Crippen molar-refractivity contribution in [3.05, 3.63) is 181 Å². The Kier molecular flexibility index (Phi) is 5.76. The zero-order chi connectivity index (χ0) is 33.8. The monoisotopic (exact) mass is 650 g/mol. The Morgan fingerprint density at radius 3 is 1.96 bits per heavy atom. The lowest BCUT2D eigenvalue weighted by Gasteiger charge is -2.21. The van der Waals surface area contributed by atoms with Crippen molar-refractivity contribution < 1.29 is 0 Å². The highest BCUT2D eigenvalue weighted by Crippen LogP contribution is 2.52. The Balaban J connectivity index is 1.24. The molecule has 1 aliphatic rings. The number of hydrogen-bond donors (Lipinski definition) is 0. The van der Waals surface area contributed by atoms with Gasteiger partial charge in [0.05, 0.1) is 22.1 Å². The van der Waals surface area contributed by atoms with E-state index in [1.165, 1.54) is 93.5 Å². The van der Waals surface area contributed by atoms with Crippen LogP contribution in [-0.4, -0.2) is 9.13 Å². The Morgan fingerprint density at radius 2 is 1.06 bits per heavy atom. The third-order valence-electron chi connectivity index (χ3n) is 11.5. The van der Waals surface area contributed by atoms with Gasteiger partial charge in [-0.3, -0.25) is 0 Å². The van der Waals surface area contributed by atoms with E-state index in [0.29, 0.717) is 0 Å². The van der Waals surface area contributed by atoms with E-state index >= 15 is 0 Å². The molecule has 0 atom stereocenters. The van der Waals surface area contributed by atoms with Crippen molar-refractivity contribution in [3.8, 4) is 33.6 Å². The topological polar surface area (TPSA) is 9.86 Å². The standard InChI is InChI=1S/C49H34N2/c1-49(2)41-23-10-8-21-38(41)47-36(22-13-24-42(47)49)32-15-12-18-34(28-32)51-44-27-26-31-14-6-7-19-35(31)48(44)40-29-39-37-20-9-11-25-43(37)50(45(39)30-46(40)51)33-16-4-3-5-17-33/h3-30H,1-2H3. The lowest BCUT2D eigenvalue weighted by molar-refractivity contribution is 0.660.